The summed E-state index contributed by atoms with van der Waals surface area (Å²) >= 11 is 0. The van der Waals surface area contributed by atoms with Gasteiger partial charge in [-0.05, 0) is 61.4 Å². The molecule has 0 spiro atoms. The van der Waals surface area contributed by atoms with Gasteiger partial charge in [-0.1, -0.05) is 13.8 Å². The van der Waals surface area contributed by atoms with Gasteiger partial charge >= 0.3 is 0 Å². The predicted molar refractivity (Wildman–Crippen MR) is 108 cm³/mol. The van der Waals surface area contributed by atoms with Crippen molar-refractivity contribution in [3.63, 3.8) is 0 Å². The quantitative estimate of drug-likeness (QED) is 0.802. The summed E-state index contributed by atoms with van der Waals surface area (Å²) in [5, 5.41) is 3.08. The van der Waals surface area contributed by atoms with Crippen molar-refractivity contribution in [1.82, 2.24) is 9.62 Å². The van der Waals surface area contributed by atoms with Crippen LogP contribution in [0.15, 0.2) is 12.1 Å². The summed E-state index contributed by atoms with van der Waals surface area (Å²) in [5.74, 6) is 0.779. The highest BCUT2D eigenvalue weighted by Crippen LogP contribution is 2.32. The van der Waals surface area contributed by atoms with Crippen LogP contribution >= 0.6 is 0 Å². The molecule has 1 heterocycles. The number of methoxy groups -OCH3 is 1. The second-order valence-electron chi connectivity index (χ2n) is 7.80. The Morgan fingerprint density at radius 1 is 1.26 bits per heavy atom. The fraction of sp³-hybridized carbons (Fsp3) is 0.650. The van der Waals surface area contributed by atoms with Crippen LogP contribution in [0.1, 0.15) is 62.3 Å². The number of carbonyl (C=O) groups excluding carboxylic acids is 1. The number of carbonyl (C=O) groups is 1. The first-order valence-electron chi connectivity index (χ1n) is 9.48. The number of nitrogens with zero attached hydrogens (tertiary/aromatic N) is 1. The lowest BCUT2D eigenvalue weighted by Crippen LogP contribution is -2.45. The van der Waals surface area contributed by atoms with Crippen molar-refractivity contribution < 1.29 is 17.9 Å². The van der Waals surface area contributed by atoms with Gasteiger partial charge in [0, 0.05) is 13.1 Å². The summed E-state index contributed by atoms with van der Waals surface area (Å²) in [7, 11) is -1.59. The Balaban J connectivity index is 2.16. The number of sulfonamides is 1. The van der Waals surface area contributed by atoms with Crippen LogP contribution in [-0.2, 0) is 14.8 Å². The van der Waals surface area contributed by atoms with Crippen molar-refractivity contribution in [2.75, 3.05) is 26.5 Å². The van der Waals surface area contributed by atoms with Gasteiger partial charge in [0.05, 0.1) is 25.3 Å². The van der Waals surface area contributed by atoms with Gasteiger partial charge in [-0.15, -0.1) is 0 Å². The van der Waals surface area contributed by atoms with E-state index in [9.17, 15) is 13.2 Å². The van der Waals surface area contributed by atoms with Gasteiger partial charge in [0.1, 0.15) is 5.75 Å². The van der Waals surface area contributed by atoms with Crippen LogP contribution in [0.25, 0.3) is 0 Å². The first kappa shape index (κ1) is 21.7. The molecule has 27 heavy (non-hydrogen) atoms. The predicted octanol–water partition coefficient (Wildman–Crippen LogP) is 2.98. The van der Waals surface area contributed by atoms with Gasteiger partial charge in [0.25, 0.3) is 0 Å². The van der Waals surface area contributed by atoms with Gasteiger partial charge < -0.3 is 10.1 Å². The number of nitrogens with one attached hydrogen (secondary N) is 1. The highest BCUT2D eigenvalue weighted by atomic mass is 32.2. The minimum Gasteiger partial charge on any atom is -0.496 e. The average molecular weight is 397 g/mol. The second-order valence-corrected chi connectivity index (χ2v) is 9.78. The molecule has 6 nitrogen and oxygen atoms in total. The largest absolute Gasteiger partial charge is 0.496 e. The van der Waals surface area contributed by atoms with E-state index in [0.29, 0.717) is 25.3 Å². The van der Waals surface area contributed by atoms with Crippen LogP contribution in [-0.4, -0.2) is 45.1 Å². The van der Waals surface area contributed by atoms with Crippen LogP contribution in [0.3, 0.4) is 0 Å². The SMILES string of the molecule is COc1cc(C)c([C@@H](C)NC(=O)[C@H]2CCCN(S(C)(=O)=O)C2)cc1C(C)C. The monoisotopic (exact) mass is 396 g/mol. The zero-order valence-electron chi connectivity index (χ0n) is 17.2. The molecule has 2 atom stereocenters. The zero-order valence-corrected chi connectivity index (χ0v) is 18.0. The normalized spacial score (nSPS) is 19.7. The van der Waals surface area contributed by atoms with Crippen molar-refractivity contribution in [2.24, 2.45) is 5.92 Å². The Labute approximate surface area is 163 Å². The van der Waals surface area contributed by atoms with E-state index >= 15 is 0 Å². The Morgan fingerprint density at radius 2 is 1.93 bits per heavy atom. The standard InChI is InChI=1S/C20H32N2O4S/c1-13(2)17-11-18(14(3)10-19(17)26-5)15(4)21-20(23)16-8-7-9-22(12-16)27(6,24)25/h10-11,13,15-16H,7-9,12H2,1-6H3,(H,21,23)/t15-,16+/m1/s1. The lowest BCUT2D eigenvalue weighted by molar-refractivity contribution is -0.126. The van der Waals surface area contributed by atoms with Crippen molar-refractivity contribution in [3.8, 4) is 5.75 Å². The molecule has 0 unspecified atom stereocenters. The highest BCUT2D eigenvalue weighted by molar-refractivity contribution is 7.88. The Kier molecular flexibility index (Phi) is 6.92. The maximum absolute atomic E-state index is 12.8. The topological polar surface area (TPSA) is 75.7 Å². The molecule has 0 saturated carbocycles. The molecule has 1 aliphatic rings. The molecule has 1 saturated heterocycles. The third-order valence-electron chi connectivity index (χ3n) is 5.29. The number of rotatable bonds is 6. The number of aryl methyl sites for hydroxylation is 1. The Bertz CT molecular complexity index is 789. The number of benzene rings is 1. The third-order valence-corrected chi connectivity index (χ3v) is 6.56. The smallest absolute Gasteiger partial charge is 0.224 e. The summed E-state index contributed by atoms with van der Waals surface area (Å²) in [4.78, 5) is 12.8. The van der Waals surface area contributed by atoms with Crippen molar-refractivity contribution in [1.29, 1.82) is 0 Å². The fourth-order valence-corrected chi connectivity index (χ4v) is 4.59. The van der Waals surface area contributed by atoms with E-state index in [0.717, 1.165) is 22.4 Å². The molecule has 1 fully saturated rings. The summed E-state index contributed by atoms with van der Waals surface area (Å²) in [6, 6.07) is 3.96. The summed E-state index contributed by atoms with van der Waals surface area (Å²) in [6.07, 6.45) is 2.62. The minimum atomic E-state index is -3.26. The molecule has 152 valence electrons. The summed E-state index contributed by atoms with van der Waals surface area (Å²) in [5.41, 5.74) is 3.23. The van der Waals surface area contributed by atoms with Crippen LogP contribution in [0.5, 0.6) is 5.75 Å². The van der Waals surface area contributed by atoms with Crippen LogP contribution in [0.2, 0.25) is 0 Å². The molecule has 1 aliphatic heterocycles. The lowest BCUT2D eigenvalue weighted by Gasteiger charge is -2.31. The number of amides is 1. The maximum atomic E-state index is 12.8. The van der Waals surface area contributed by atoms with Gasteiger partial charge in [0.2, 0.25) is 15.9 Å². The van der Waals surface area contributed by atoms with E-state index in [1.54, 1.807) is 7.11 Å². The van der Waals surface area contributed by atoms with Crippen LogP contribution in [0, 0.1) is 12.8 Å². The number of hydrogen-bond acceptors (Lipinski definition) is 4. The first-order chi connectivity index (χ1) is 12.5. The lowest BCUT2D eigenvalue weighted by atomic mass is 9.92. The molecule has 2 rings (SSSR count). The molecule has 1 aromatic carbocycles. The van der Waals surface area contributed by atoms with Gasteiger partial charge in [0.15, 0.2) is 0 Å². The van der Waals surface area contributed by atoms with Gasteiger partial charge in [-0.2, -0.15) is 0 Å². The number of piperidine rings is 1. The van der Waals surface area contributed by atoms with Gasteiger partial charge in [-0.3, -0.25) is 4.79 Å². The molecular weight excluding hydrogens is 364 g/mol. The summed E-state index contributed by atoms with van der Waals surface area (Å²) in [6.45, 7) is 8.96. The second kappa shape index (κ2) is 8.61. The number of hydrogen-bond donors (Lipinski definition) is 1. The minimum absolute atomic E-state index is 0.0860. The van der Waals surface area contributed by atoms with E-state index in [-0.39, 0.29) is 24.4 Å². The third kappa shape index (κ3) is 5.23. The summed E-state index contributed by atoms with van der Waals surface area (Å²) < 4.78 is 30.5. The highest BCUT2D eigenvalue weighted by Gasteiger charge is 2.31. The van der Waals surface area contributed by atoms with Crippen molar-refractivity contribution in [2.45, 2.75) is 52.5 Å². The van der Waals surface area contributed by atoms with Crippen molar-refractivity contribution in [3.05, 3.63) is 28.8 Å². The average Bonchev–Trinajstić information content (AvgIpc) is 2.60. The van der Waals surface area contributed by atoms with E-state index in [1.807, 2.05) is 19.9 Å². The van der Waals surface area contributed by atoms with Crippen LogP contribution in [0.4, 0.5) is 0 Å². The van der Waals surface area contributed by atoms with Gasteiger partial charge in [-0.25, -0.2) is 12.7 Å². The molecule has 1 aromatic rings. The molecule has 0 aromatic heterocycles. The first-order valence-corrected chi connectivity index (χ1v) is 11.3. The Morgan fingerprint density at radius 3 is 2.48 bits per heavy atom. The van der Waals surface area contributed by atoms with E-state index in [2.05, 4.69) is 25.2 Å². The van der Waals surface area contributed by atoms with Crippen molar-refractivity contribution >= 4 is 15.9 Å². The zero-order chi connectivity index (χ0) is 20.4. The molecular formula is C20H32N2O4S. The van der Waals surface area contributed by atoms with E-state index in [4.69, 9.17) is 4.74 Å². The molecule has 0 radical (unpaired) electrons. The van der Waals surface area contributed by atoms with E-state index < -0.39 is 10.0 Å². The fourth-order valence-electron chi connectivity index (χ4n) is 3.68. The Hall–Kier alpha value is -1.60. The molecule has 0 aliphatic carbocycles. The molecule has 1 amide bonds. The van der Waals surface area contributed by atoms with E-state index in [1.165, 1.54) is 10.6 Å². The number of ether oxygens (including phenoxy) is 1. The maximum Gasteiger partial charge on any atom is 0.224 e. The van der Waals surface area contributed by atoms with Crippen LogP contribution < -0.4 is 10.1 Å². The molecule has 1 N–H and O–H groups in total. The molecule has 7 heteroatoms. The molecule has 0 bridgehead atoms.